The second-order valence-corrected chi connectivity index (χ2v) is 8.43. The van der Waals surface area contributed by atoms with Gasteiger partial charge in [-0.25, -0.2) is 0 Å². The SMILES string of the molecule is O=C1/C(=C\c2ccc(Br)c([N+](=O)[O-])c2)SC(=S)N1c1ccc(Cl)c(Cl)c1. The molecule has 1 heterocycles. The number of benzene rings is 2. The molecule has 0 spiro atoms. The van der Waals surface area contributed by atoms with Crippen molar-refractivity contribution in [1.82, 2.24) is 0 Å². The first kappa shape index (κ1) is 19.3. The number of anilines is 1. The maximum absolute atomic E-state index is 12.7. The van der Waals surface area contributed by atoms with Gasteiger partial charge >= 0.3 is 0 Å². The standard InChI is InChI=1S/C16H7BrCl2N2O3S2/c17-10-3-1-8(5-13(10)21(23)24)6-14-15(22)20(16(25)26-14)9-2-4-11(18)12(19)7-9/h1-7H/b14-6+. The van der Waals surface area contributed by atoms with Gasteiger partial charge in [-0.3, -0.25) is 19.8 Å². The number of amides is 1. The molecule has 132 valence electrons. The molecule has 5 nitrogen and oxygen atoms in total. The molecule has 1 saturated heterocycles. The minimum atomic E-state index is -0.498. The summed E-state index contributed by atoms with van der Waals surface area (Å²) in [6.07, 6.45) is 1.57. The number of nitrogens with zero attached hydrogens (tertiary/aromatic N) is 2. The van der Waals surface area contributed by atoms with Crippen molar-refractivity contribution >= 4 is 90.8 Å². The van der Waals surface area contributed by atoms with Crippen LogP contribution in [-0.4, -0.2) is 15.2 Å². The summed E-state index contributed by atoms with van der Waals surface area (Å²) in [5.74, 6) is -0.330. The topological polar surface area (TPSA) is 63.4 Å². The van der Waals surface area contributed by atoms with E-state index >= 15 is 0 Å². The van der Waals surface area contributed by atoms with E-state index in [0.717, 1.165) is 11.8 Å². The summed E-state index contributed by atoms with van der Waals surface area (Å²) in [5.41, 5.74) is 0.945. The van der Waals surface area contributed by atoms with Gasteiger partial charge in [0, 0.05) is 6.07 Å². The number of carbonyl (C=O) groups is 1. The van der Waals surface area contributed by atoms with Gasteiger partial charge in [-0.05, 0) is 51.8 Å². The Kier molecular flexibility index (Phi) is 5.69. The Balaban J connectivity index is 1.96. The Morgan fingerprint density at radius 2 is 1.92 bits per heavy atom. The van der Waals surface area contributed by atoms with Crippen LogP contribution in [0.1, 0.15) is 5.56 Å². The van der Waals surface area contributed by atoms with E-state index in [2.05, 4.69) is 15.9 Å². The zero-order valence-electron chi connectivity index (χ0n) is 12.6. The molecule has 0 bridgehead atoms. The van der Waals surface area contributed by atoms with Crippen molar-refractivity contribution in [2.45, 2.75) is 0 Å². The minimum absolute atomic E-state index is 0.0845. The first-order valence-corrected chi connectivity index (χ1v) is 9.72. The number of halogens is 3. The highest BCUT2D eigenvalue weighted by Crippen LogP contribution is 2.38. The van der Waals surface area contributed by atoms with Crippen LogP contribution in [0.2, 0.25) is 10.0 Å². The van der Waals surface area contributed by atoms with Crippen molar-refractivity contribution in [2.75, 3.05) is 4.90 Å². The third-order valence-electron chi connectivity index (χ3n) is 3.42. The number of hydrogen-bond acceptors (Lipinski definition) is 5. The van der Waals surface area contributed by atoms with Crippen LogP contribution in [0.25, 0.3) is 6.08 Å². The molecule has 2 aromatic rings. The molecule has 0 saturated carbocycles. The number of nitro groups is 1. The highest BCUT2D eigenvalue weighted by Gasteiger charge is 2.33. The molecule has 10 heteroatoms. The molecule has 3 rings (SSSR count). The Labute approximate surface area is 176 Å². The van der Waals surface area contributed by atoms with Crippen LogP contribution in [0.5, 0.6) is 0 Å². The predicted molar refractivity (Wildman–Crippen MR) is 113 cm³/mol. The van der Waals surface area contributed by atoms with E-state index in [4.69, 9.17) is 35.4 Å². The van der Waals surface area contributed by atoms with E-state index in [0.29, 0.717) is 35.0 Å². The van der Waals surface area contributed by atoms with Gasteiger partial charge in [-0.2, -0.15) is 0 Å². The van der Waals surface area contributed by atoms with E-state index in [1.165, 1.54) is 11.0 Å². The van der Waals surface area contributed by atoms with Crippen LogP contribution < -0.4 is 4.90 Å². The Morgan fingerprint density at radius 3 is 2.58 bits per heavy atom. The third kappa shape index (κ3) is 3.79. The number of thiocarbonyl (C=S) groups is 1. The van der Waals surface area contributed by atoms with Crippen molar-refractivity contribution < 1.29 is 9.72 Å². The largest absolute Gasteiger partial charge is 0.284 e. The average molecular weight is 490 g/mol. The first-order valence-electron chi connectivity index (χ1n) is 6.95. The Morgan fingerprint density at radius 1 is 1.19 bits per heavy atom. The summed E-state index contributed by atoms with van der Waals surface area (Å²) in [6.45, 7) is 0. The monoisotopic (exact) mass is 488 g/mol. The van der Waals surface area contributed by atoms with Gasteiger partial charge in [-0.15, -0.1) is 0 Å². The lowest BCUT2D eigenvalue weighted by Crippen LogP contribution is -2.27. The maximum Gasteiger partial charge on any atom is 0.284 e. The van der Waals surface area contributed by atoms with Gasteiger partial charge in [0.25, 0.3) is 11.6 Å². The van der Waals surface area contributed by atoms with Crippen molar-refractivity contribution in [1.29, 1.82) is 0 Å². The first-order chi connectivity index (χ1) is 12.3. The van der Waals surface area contributed by atoms with Crippen LogP contribution in [0.4, 0.5) is 11.4 Å². The Bertz CT molecular complexity index is 997. The normalized spacial score (nSPS) is 15.8. The summed E-state index contributed by atoms with van der Waals surface area (Å²) >= 11 is 21.5. The summed E-state index contributed by atoms with van der Waals surface area (Å²) in [4.78, 5) is 25.0. The smallest absolute Gasteiger partial charge is 0.268 e. The van der Waals surface area contributed by atoms with Crippen molar-refractivity contribution in [3.8, 4) is 0 Å². The highest BCUT2D eigenvalue weighted by molar-refractivity contribution is 9.10. The van der Waals surface area contributed by atoms with Crippen LogP contribution in [0.15, 0.2) is 45.8 Å². The second kappa shape index (κ2) is 7.66. The van der Waals surface area contributed by atoms with Crippen LogP contribution in [-0.2, 0) is 4.79 Å². The molecule has 0 atom stereocenters. The number of nitro benzene ring substituents is 1. The molecule has 1 aliphatic heterocycles. The highest BCUT2D eigenvalue weighted by atomic mass is 79.9. The van der Waals surface area contributed by atoms with E-state index in [1.807, 2.05) is 0 Å². The summed E-state index contributed by atoms with van der Waals surface area (Å²) in [7, 11) is 0. The molecule has 1 amide bonds. The molecular weight excluding hydrogens is 483 g/mol. The lowest BCUT2D eigenvalue weighted by atomic mass is 10.2. The third-order valence-corrected chi connectivity index (χ3v) is 6.13. The van der Waals surface area contributed by atoms with Gasteiger partial charge in [0.15, 0.2) is 4.32 Å². The fourth-order valence-electron chi connectivity index (χ4n) is 2.23. The fourth-order valence-corrected chi connectivity index (χ4v) is 4.21. The zero-order chi connectivity index (χ0) is 19.0. The fraction of sp³-hybridized carbons (Fsp3) is 0. The average Bonchev–Trinajstić information content (AvgIpc) is 2.85. The van der Waals surface area contributed by atoms with Crippen LogP contribution >= 0.6 is 63.1 Å². The van der Waals surface area contributed by atoms with Gasteiger partial charge in [0.1, 0.15) is 0 Å². The van der Waals surface area contributed by atoms with Gasteiger partial charge in [-0.1, -0.05) is 53.2 Å². The van der Waals surface area contributed by atoms with Crippen molar-refractivity contribution in [3.05, 3.63) is 71.5 Å². The maximum atomic E-state index is 12.7. The zero-order valence-corrected chi connectivity index (χ0v) is 17.3. The summed E-state index contributed by atoms with van der Waals surface area (Å²) in [6, 6.07) is 9.40. The molecule has 0 N–H and O–H groups in total. The molecule has 0 radical (unpaired) electrons. The minimum Gasteiger partial charge on any atom is -0.268 e. The van der Waals surface area contributed by atoms with E-state index < -0.39 is 4.92 Å². The van der Waals surface area contributed by atoms with Gasteiger partial charge in [0.05, 0.1) is 30.0 Å². The Hall–Kier alpha value is -1.45. The van der Waals surface area contributed by atoms with Gasteiger partial charge in [0.2, 0.25) is 0 Å². The molecule has 1 aliphatic rings. The molecule has 0 unspecified atom stereocenters. The molecule has 0 aromatic heterocycles. The van der Waals surface area contributed by atoms with Crippen molar-refractivity contribution in [2.24, 2.45) is 0 Å². The number of hydrogen-bond donors (Lipinski definition) is 0. The number of rotatable bonds is 3. The lowest BCUT2D eigenvalue weighted by molar-refractivity contribution is -0.385. The van der Waals surface area contributed by atoms with Crippen LogP contribution in [0.3, 0.4) is 0 Å². The van der Waals surface area contributed by atoms with E-state index in [9.17, 15) is 14.9 Å². The number of carbonyl (C=O) groups excluding carboxylic acids is 1. The molecule has 1 fully saturated rings. The van der Waals surface area contributed by atoms with Crippen molar-refractivity contribution in [3.63, 3.8) is 0 Å². The molecule has 26 heavy (non-hydrogen) atoms. The number of thioether (sulfide) groups is 1. The lowest BCUT2D eigenvalue weighted by Gasteiger charge is -2.15. The molecular formula is C16H7BrCl2N2O3S2. The predicted octanol–water partition coefficient (Wildman–Crippen LogP) is 6.07. The van der Waals surface area contributed by atoms with E-state index in [-0.39, 0.29) is 11.6 Å². The second-order valence-electron chi connectivity index (χ2n) is 5.08. The van der Waals surface area contributed by atoms with Gasteiger partial charge < -0.3 is 0 Å². The summed E-state index contributed by atoms with van der Waals surface area (Å²) in [5, 5.41) is 11.7. The summed E-state index contributed by atoms with van der Waals surface area (Å²) < 4.78 is 0.703. The van der Waals surface area contributed by atoms with E-state index in [1.54, 1.807) is 36.4 Å². The van der Waals surface area contributed by atoms with Crippen LogP contribution in [0, 0.1) is 10.1 Å². The quantitative estimate of drug-likeness (QED) is 0.226. The molecule has 0 aliphatic carbocycles. The molecule has 2 aromatic carbocycles.